The van der Waals surface area contributed by atoms with Crippen LogP contribution in [0.15, 0.2) is 22.7 Å². The van der Waals surface area contributed by atoms with Gasteiger partial charge in [-0.15, -0.1) is 0 Å². The Balaban J connectivity index is 2.45. The number of hydrogen-bond donors (Lipinski definition) is 0. The molecule has 0 heterocycles. The Morgan fingerprint density at radius 3 is 2.47 bits per heavy atom. The minimum atomic E-state index is 1.11. The summed E-state index contributed by atoms with van der Waals surface area (Å²) in [5.41, 5.74) is 2.88. The quantitative estimate of drug-likeness (QED) is 0.628. The molecule has 0 aliphatic carbocycles. The number of halogens is 1. The third-order valence-corrected chi connectivity index (χ3v) is 3.56. The van der Waals surface area contributed by atoms with Crippen molar-refractivity contribution in [2.24, 2.45) is 0 Å². The van der Waals surface area contributed by atoms with Crippen molar-refractivity contribution >= 4 is 15.9 Å². The molecule has 0 amide bonds. The van der Waals surface area contributed by atoms with Crippen LogP contribution in [-0.2, 0) is 12.8 Å². The van der Waals surface area contributed by atoms with Crippen LogP contribution in [0.3, 0.4) is 0 Å². The molecule has 0 aromatic heterocycles. The van der Waals surface area contributed by atoms with Crippen molar-refractivity contribution in [1.29, 1.82) is 0 Å². The number of aryl methyl sites for hydroxylation is 2. The van der Waals surface area contributed by atoms with Gasteiger partial charge in [0.1, 0.15) is 0 Å². The van der Waals surface area contributed by atoms with Gasteiger partial charge in [0.2, 0.25) is 0 Å². The third-order valence-electron chi connectivity index (χ3n) is 2.82. The number of benzene rings is 1. The second kappa shape index (κ2) is 7.05. The average molecular weight is 269 g/mol. The summed E-state index contributed by atoms with van der Waals surface area (Å²) in [6.07, 6.45) is 7.71. The van der Waals surface area contributed by atoms with Crippen molar-refractivity contribution in [3.8, 4) is 0 Å². The smallest absolute Gasteiger partial charge is 0.0209 e. The fourth-order valence-corrected chi connectivity index (χ4v) is 2.50. The van der Waals surface area contributed by atoms with Crippen molar-refractivity contribution in [2.75, 3.05) is 0 Å². The standard InChI is InChI=1S/C14H21Br/c1-3-5-6-7-8-12-9-10-13(4-2)14(15)11-12/h9-11H,3-8H2,1-2H3. The van der Waals surface area contributed by atoms with E-state index >= 15 is 0 Å². The summed E-state index contributed by atoms with van der Waals surface area (Å²) in [6, 6.07) is 6.81. The molecule has 0 unspecified atom stereocenters. The fraction of sp³-hybridized carbons (Fsp3) is 0.571. The molecular weight excluding hydrogens is 248 g/mol. The second-order valence-corrected chi connectivity index (χ2v) is 4.94. The Morgan fingerprint density at radius 1 is 1.07 bits per heavy atom. The molecule has 0 radical (unpaired) electrons. The van der Waals surface area contributed by atoms with E-state index in [-0.39, 0.29) is 0 Å². The molecule has 1 aromatic carbocycles. The molecule has 0 bridgehead atoms. The SMILES string of the molecule is CCCCCCc1ccc(CC)c(Br)c1. The first kappa shape index (κ1) is 12.8. The van der Waals surface area contributed by atoms with E-state index in [1.807, 2.05) is 0 Å². The lowest BCUT2D eigenvalue weighted by Gasteiger charge is -2.05. The monoisotopic (exact) mass is 268 g/mol. The summed E-state index contributed by atoms with van der Waals surface area (Å²) in [7, 11) is 0. The van der Waals surface area contributed by atoms with Crippen LogP contribution in [0.2, 0.25) is 0 Å². The Hall–Kier alpha value is -0.300. The molecule has 0 fully saturated rings. The van der Waals surface area contributed by atoms with E-state index in [1.54, 1.807) is 0 Å². The molecule has 1 heteroatoms. The van der Waals surface area contributed by atoms with E-state index in [0.717, 1.165) is 6.42 Å². The summed E-state index contributed by atoms with van der Waals surface area (Å²) in [6.45, 7) is 4.45. The predicted octanol–water partition coefficient (Wildman–Crippen LogP) is 5.13. The molecule has 15 heavy (non-hydrogen) atoms. The van der Waals surface area contributed by atoms with E-state index in [4.69, 9.17) is 0 Å². The summed E-state index contributed by atoms with van der Waals surface area (Å²) in [5, 5.41) is 0. The normalized spacial score (nSPS) is 10.6. The van der Waals surface area contributed by atoms with E-state index in [0.29, 0.717) is 0 Å². The number of unbranched alkanes of at least 4 members (excludes halogenated alkanes) is 3. The van der Waals surface area contributed by atoms with E-state index in [9.17, 15) is 0 Å². The van der Waals surface area contributed by atoms with Crippen LogP contribution in [0.5, 0.6) is 0 Å². The molecule has 0 aliphatic rings. The van der Waals surface area contributed by atoms with Gasteiger partial charge in [-0.05, 0) is 36.5 Å². The van der Waals surface area contributed by atoms with Crippen LogP contribution in [0, 0.1) is 0 Å². The Morgan fingerprint density at radius 2 is 1.87 bits per heavy atom. The molecule has 0 spiro atoms. The Labute approximate surface area is 102 Å². The lowest BCUT2D eigenvalue weighted by molar-refractivity contribution is 0.666. The lowest BCUT2D eigenvalue weighted by atomic mass is 10.0. The van der Waals surface area contributed by atoms with Gasteiger partial charge in [0.05, 0.1) is 0 Å². The van der Waals surface area contributed by atoms with Gasteiger partial charge in [0, 0.05) is 4.47 Å². The zero-order chi connectivity index (χ0) is 11.1. The van der Waals surface area contributed by atoms with Gasteiger partial charge in [-0.2, -0.15) is 0 Å². The summed E-state index contributed by atoms with van der Waals surface area (Å²) < 4.78 is 1.28. The topological polar surface area (TPSA) is 0 Å². The first-order valence-corrected chi connectivity index (χ1v) is 6.84. The van der Waals surface area contributed by atoms with Crippen LogP contribution in [0.4, 0.5) is 0 Å². The molecular formula is C14H21Br. The fourth-order valence-electron chi connectivity index (χ4n) is 1.79. The van der Waals surface area contributed by atoms with Crippen molar-refractivity contribution in [3.05, 3.63) is 33.8 Å². The summed E-state index contributed by atoms with van der Waals surface area (Å²) >= 11 is 3.63. The maximum atomic E-state index is 3.63. The first-order valence-electron chi connectivity index (χ1n) is 6.05. The molecule has 0 saturated carbocycles. The van der Waals surface area contributed by atoms with E-state index in [2.05, 4.69) is 48.0 Å². The van der Waals surface area contributed by atoms with Crippen molar-refractivity contribution < 1.29 is 0 Å². The zero-order valence-electron chi connectivity index (χ0n) is 9.85. The van der Waals surface area contributed by atoms with Crippen LogP contribution >= 0.6 is 15.9 Å². The number of hydrogen-bond acceptors (Lipinski definition) is 0. The first-order chi connectivity index (χ1) is 7.27. The van der Waals surface area contributed by atoms with E-state index < -0.39 is 0 Å². The molecule has 84 valence electrons. The van der Waals surface area contributed by atoms with Crippen molar-refractivity contribution in [2.45, 2.75) is 52.4 Å². The molecule has 0 atom stereocenters. The highest BCUT2D eigenvalue weighted by Crippen LogP contribution is 2.20. The average Bonchev–Trinajstić information content (AvgIpc) is 2.25. The predicted molar refractivity (Wildman–Crippen MR) is 71.4 cm³/mol. The van der Waals surface area contributed by atoms with Gasteiger partial charge < -0.3 is 0 Å². The van der Waals surface area contributed by atoms with Gasteiger partial charge in [-0.25, -0.2) is 0 Å². The molecule has 0 aliphatic heterocycles. The minimum absolute atomic E-state index is 1.11. The lowest BCUT2D eigenvalue weighted by Crippen LogP contribution is -1.89. The highest BCUT2D eigenvalue weighted by atomic mass is 79.9. The molecule has 0 nitrogen and oxygen atoms in total. The maximum Gasteiger partial charge on any atom is 0.0209 e. The largest absolute Gasteiger partial charge is 0.0654 e. The molecule has 0 saturated heterocycles. The van der Waals surface area contributed by atoms with Crippen LogP contribution in [-0.4, -0.2) is 0 Å². The molecule has 1 rings (SSSR count). The Bertz CT molecular complexity index is 291. The summed E-state index contributed by atoms with van der Waals surface area (Å²) in [4.78, 5) is 0. The molecule has 0 N–H and O–H groups in total. The van der Waals surface area contributed by atoms with Crippen LogP contribution < -0.4 is 0 Å². The van der Waals surface area contributed by atoms with E-state index in [1.165, 1.54) is 47.7 Å². The Kier molecular flexibility index (Phi) is 6.00. The van der Waals surface area contributed by atoms with Crippen LogP contribution in [0.1, 0.15) is 50.7 Å². The highest BCUT2D eigenvalue weighted by Gasteiger charge is 1.99. The summed E-state index contributed by atoms with van der Waals surface area (Å²) in [5.74, 6) is 0. The highest BCUT2D eigenvalue weighted by molar-refractivity contribution is 9.10. The molecule has 1 aromatic rings. The number of rotatable bonds is 6. The van der Waals surface area contributed by atoms with Crippen molar-refractivity contribution in [3.63, 3.8) is 0 Å². The second-order valence-electron chi connectivity index (χ2n) is 4.09. The maximum absolute atomic E-state index is 3.63. The van der Waals surface area contributed by atoms with Gasteiger partial charge in [-0.3, -0.25) is 0 Å². The van der Waals surface area contributed by atoms with Gasteiger partial charge in [0.25, 0.3) is 0 Å². The minimum Gasteiger partial charge on any atom is -0.0654 e. The van der Waals surface area contributed by atoms with Gasteiger partial charge >= 0.3 is 0 Å². The third kappa shape index (κ3) is 4.38. The van der Waals surface area contributed by atoms with Crippen LogP contribution in [0.25, 0.3) is 0 Å². The zero-order valence-corrected chi connectivity index (χ0v) is 11.4. The van der Waals surface area contributed by atoms with Crippen molar-refractivity contribution in [1.82, 2.24) is 0 Å². The van der Waals surface area contributed by atoms with Gasteiger partial charge in [-0.1, -0.05) is 61.2 Å². The van der Waals surface area contributed by atoms with Gasteiger partial charge in [0.15, 0.2) is 0 Å².